The highest BCUT2D eigenvalue weighted by molar-refractivity contribution is 4.78. The van der Waals surface area contributed by atoms with Crippen molar-refractivity contribution in [1.82, 2.24) is 10.2 Å². The van der Waals surface area contributed by atoms with E-state index in [-0.39, 0.29) is 0 Å². The van der Waals surface area contributed by atoms with Gasteiger partial charge in [0.05, 0.1) is 6.10 Å². The molecule has 1 saturated heterocycles. The quantitative estimate of drug-likeness (QED) is 0.768. The molecule has 3 nitrogen and oxygen atoms in total. The lowest BCUT2D eigenvalue weighted by Crippen LogP contribution is -2.43. The molecular weight excluding hydrogens is 236 g/mol. The summed E-state index contributed by atoms with van der Waals surface area (Å²) in [6.07, 6.45) is 8.62. The van der Waals surface area contributed by atoms with Crippen LogP contribution in [-0.4, -0.2) is 49.8 Å². The van der Waals surface area contributed by atoms with Crippen LogP contribution >= 0.6 is 0 Å². The van der Waals surface area contributed by atoms with Crippen molar-refractivity contribution >= 4 is 0 Å². The first-order valence-corrected chi connectivity index (χ1v) is 8.37. The van der Waals surface area contributed by atoms with Crippen molar-refractivity contribution in [2.75, 3.05) is 32.8 Å². The fraction of sp³-hybridized carbons (Fsp3) is 1.00. The third kappa shape index (κ3) is 5.05. The summed E-state index contributed by atoms with van der Waals surface area (Å²) < 4.78 is 5.74. The molecule has 0 aromatic carbocycles. The molecule has 2 fully saturated rings. The van der Waals surface area contributed by atoms with Crippen LogP contribution < -0.4 is 5.32 Å². The lowest BCUT2D eigenvalue weighted by molar-refractivity contribution is 0.0745. The molecule has 2 aliphatic rings. The van der Waals surface area contributed by atoms with Gasteiger partial charge in [0.15, 0.2) is 0 Å². The molecule has 3 unspecified atom stereocenters. The SMILES string of the molecule is CCN(CCNC1CCCCC1C)CC1CCCO1. The monoisotopic (exact) mass is 268 g/mol. The summed E-state index contributed by atoms with van der Waals surface area (Å²) >= 11 is 0. The Morgan fingerprint density at radius 1 is 1.16 bits per heavy atom. The highest BCUT2D eigenvalue weighted by atomic mass is 16.5. The van der Waals surface area contributed by atoms with Crippen molar-refractivity contribution in [2.45, 2.75) is 64.5 Å². The molecule has 3 heteroatoms. The van der Waals surface area contributed by atoms with Crippen LogP contribution in [0.5, 0.6) is 0 Å². The second-order valence-electron chi connectivity index (χ2n) is 6.35. The standard InChI is InChI=1S/C16H32N2O/c1-3-18(13-15-8-6-12-19-15)11-10-17-16-9-5-4-7-14(16)2/h14-17H,3-13H2,1-2H3. The molecule has 0 aromatic rings. The number of likely N-dealkylation sites (N-methyl/N-ethyl adjacent to an activating group) is 1. The van der Waals surface area contributed by atoms with Crippen molar-refractivity contribution < 1.29 is 4.74 Å². The van der Waals surface area contributed by atoms with Crippen LogP contribution in [0.1, 0.15) is 52.4 Å². The van der Waals surface area contributed by atoms with Crippen LogP contribution in [0, 0.1) is 5.92 Å². The van der Waals surface area contributed by atoms with Gasteiger partial charge in [-0.1, -0.05) is 26.7 Å². The van der Waals surface area contributed by atoms with Crippen molar-refractivity contribution in [1.29, 1.82) is 0 Å². The maximum Gasteiger partial charge on any atom is 0.0702 e. The fourth-order valence-electron chi connectivity index (χ4n) is 3.48. The molecule has 1 N–H and O–H groups in total. The Bertz CT molecular complexity index is 241. The third-order valence-electron chi connectivity index (χ3n) is 4.88. The van der Waals surface area contributed by atoms with E-state index >= 15 is 0 Å². The van der Waals surface area contributed by atoms with Gasteiger partial charge in [-0.25, -0.2) is 0 Å². The first kappa shape index (κ1) is 15.3. The smallest absolute Gasteiger partial charge is 0.0702 e. The van der Waals surface area contributed by atoms with Crippen molar-refractivity contribution in [2.24, 2.45) is 5.92 Å². The number of nitrogens with one attached hydrogen (secondary N) is 1. The van der Waals surface area contributed by atoms with E-state index in [0.717, 1.165) is 38.2 Å². The summed E-state index contributed by atoms with van der Waals surface area (Å²) in [6.45, 7) is 10.2. The first-order chi connectivity index (χ1) is 9.29. The second-order valence-corrected chi connectivity index (χ2v) is 6.35. The van der Waals surface area contributed by atoms with Gasteiger partial charge < -0.3 is 10.1 Å². The van der Waals surface area contributed by atoms with Gasteiger partial charge >= 0.3 is 0 Å². The fourth-order valence-corrected chi connectivity index (χ4v) is 3.48. The molecule has 3 atom stereocenters. The minimum absolute atomic E-state index is 0.494. The summed E-state index contributed by atoms with van der Waals surface area (Å²) in [5.74, 6) is 0.863. The average Bonchev–Trinajstić information content (AvgIpc) is 2.92. The molecule has 0 radical (unpaired) electrons. The molecule has 1 aliphatic heterocycles. The Kier molecular flexibility index (Phi) is 6.62. The molecule has 0 amide bonds. The number of hydrogen-bond donors (Lipinski definition) is 1. The summed E-state index contributed by atoms with van der Waals surface area (Å²) in [4.78, 5) is 2.54. The van der Waals surface area contributed by atoms with Gasteiger partial charge in [0.25, 0.3) is 0 Å². The molecule has 2 rings (SSSR count). The van der Waals surface area contributed by atoms with Crippen LogP contribution in [0.3, 0.4) is 0 Å². The normalized spacial score (nSPS) is 32.1. The zero-order valence-electron chi connectivity index (χ0n) is 12.9. The van der Waals surface area contributed by atoms with E-state index in [9.17, 15) is 0 Å². The predicted octanol–water partition coefficient (Wildman–Crippen LogP) is 2.66. The van der Waals surface area contributed by atoms with E-state index in [4.69, 9.17) is 4.74 Å². The molecule has 19 heavy (non-hydrogen) atoms. The van der Waals surface area contributed by atoms with Crippen molar-refractivity contribution in [3.05, 3.63) is 0 Å². The summed E-state index contributed by atoms with van der Waals surface area (Å²) in [6, 6.07) is 0.759. The molecule has 0 spiro atoms. The van der Waals surface area contributed by atoms with Gasteiger partial charge in [-0.05, 0) is 38.1 Å². The van der Waals surface area contributed by atoms with E-state index < -0.39 is 0 Å². The number of ether oxygens (including phenoxy) is 1. The van der Waals surface area contributed by atoms with Gasteiger partial charge in [-0.3, -0.25) is 4.90 Å². The van der Waals surface area contributed by atoms with E-state index in [1.807, 2.05) is 0 Å². The minimum atomic E-state index is 0.494. The average molecular weight is 268 g/mol. The van der Waals surface area contributed by atoms with Gasteiger partial charge in [-0.15, -0.1) is 0 Å². The van der Waals surface area contributed by atoms with Crippen molar-refractivity contribution in [3.63, 3.8) is 0 Å². The lowest BCUT2D eigenvalue weighted by Gasteiger charge is -2.31. The molecule has 1 saturated carbocycles. The summed E-state index contributed by atoms with van der Waals surface area (Å²) in [5, 5.41) is 3.78. The maximum atomic E-state index is 5.74. The first-order valence-electron chi connectivity index (χ1n) is 8.37. The number of rotatable bonds is 7. The number of hydrogen-bond acceptors (Lipinski definition) is 3. The van der Waals surface area contributed by atoms with Gasteiger partial charge in [0.2, 0.25) is 0 Å². The van der Waals surface area contributed by atoms with Crippen LogP contribution in [0.25, 0.3) is 0 Å². The van der Waals surface area contributed by atoms with Crippen LogP contribution in [0.4, 0.5) is 0 Å². The van der Waals surface area contributed by atoms with Crippen LogP contribution in [-0.2, 0) is 4.74 Å². The van der Waals surface area contributed by atoms with E-state index in [1.165, 1.54) is 45.1 Å². The number of nitrogens with zero attached hydrogens (tertiary/aromatic N) is 1. The van der Waals surface area contributed by atoms with Crippen molar-refractivity contribution in [3.8, 4) is 0 Å². The van der Waals surface area contributed by atoms with Gasteiger partial charge in [0.1, 0.15) is 0 Å². The summed E-state index contributed by atoms with van der Waals surface area (Å²) in [7, 11) is 0. The molecule has 0 bridgehead atoms. The third-order valence-corrected chi connectivity index (χ3v) is 4.88. The lowest BCUT2D eigenvalue weighted by atomic mass is 9.86. The second kappa shape index (κ2) is 8.23. The Labute approximate surface area is 119 Å². The van der Waals surface area contributed by atoms with Crippen LogP contribution in [0.15, 0.2) is 0 Å². The van der Waals surface area contributed by atoms with Gasteiger partial charge in [0, 0.05) is 32.3 Å². The highest BCUT2D eigenvalue weighted by Crippen LogP contribution is 2.23. The topological polar surface area (TPSA) is 24.5 Å². The largest absolute Gasteiger partial charge is 0.377 e. The Morgan fingerprint density at radius 3 is 2.68 bits per heavy atom. The predicted molar refractivity (Wildman–Crippen MR) is 80.5 cm³/mol. The molecule has 1 aliphatic carbocycles. The Morgan fingerprint density at radius 2 is 2.00 bits per heavy atom. The van der Waals surface area contributed by atoms with E-state index in [0.29, 0.717) is 6.10 Å². The maximum absolute atomic E-state index is 5.74. The highest BCUT2D eigenvalue weighted by Gasteiger charge is 2.21. The van der Waals surface area contributed by atoms with Crippen LogP contribution in [0.2, 0.25) is 0 Å². The Hall–Kier alpha value is -0.120. The molecule has 112 valence electrons. The Balaban J connectivity index is 1.61. The van der Waals surface area contributed by atoms with E-state index in [2.05, 4.69) is 24.1 Å². The summed E-state index contributed by atoms with van der Waals surface area (Å²) in [5.41, 5.74) is 0. The molecule has 1 heterocycles. The van der Waals surface area contributed by atoms with E-state index in [1.54, 1.807) is 0 Å². The minimum Gasteiger partial charge on any atom is -0.377 e. The van der Waals surface area contributed by atoms with Gasteiger partial charge in [-0.2, -0.15) is 0 Å². The molecular formula is C16H32N2O. The molecule has 0 aromatic heterocycles. The zero-order valence-corrected chi connectivity index (χ0v) is 12.9. The zero-order chi connectivity index (χ0) is 13.5.